The maximum Gasteiger partial charge on any atom is 0.179 e. The lowest BCUT2D eigenvalue weighted by molar-refractivity contribution is 0.0955. The molecule has 0 aliphatic carbocycles. The number of anilines is 1. The zero-order chi connectivity index (χ0) is 13.8. The van der Waals surface area contributed by atoms with Gasteiger partial charge in [-0.05, 0) is 64.4 Å². The zero-order valence-electron chi connectivity index (χ0n) is 12.1. The molecule has 0 saturated carbocycles. The van der Waals surface area contributed by atoms with Gasteiger partial charge in [-0.2, -0.15) is 0 Å². The molecule has 2 rings (SSSR count). The van der Waals surface area contributed by atoms with Gasteiger partial charge in [0.1, 0.15) is 0 Å². The van der Waals surface area contributed by atoms with Crippen LogP contribution in [0.5, 0.6) is 0 Å². The van der Waals surface area contributed by atoms with Crippen molar-refractivity contribution >= 4 is 11.5 Å². The second kappa shape index (κ2) is 6.20. The molecule has 19 heavy (non-hydrogen) atoms. The Bertz CT molecular complexity index is 427. The number of nitrogens with one attached hydrogen (secondary N) is 1. The highest BCUT2D eigenvalue weighted by Gasteiger charge is 2.19. The molecular weight excluding hydrogens is 236 g/mol. The normalized spacial score (nSPS) is 21.2. The highest BCUT2D eigenvalue weighted by atomic mass is 16.1. The molecule has 104 valence electrons. The van der Waals surface area contributed by atoms with E-state index in [9.17, 15) is 4.79 Å². The summed E-state index contributed by atoms with van der Waals surface area (Å²) in [7, 11) is 1.81. The maximum absolute atomic E-state index is 12.1. The summed E-state index contributed by atoms with van der Waals surface area (Å²) in [6.45, 7) is 5.30. The number of benzene rings is 1. The maximum atomic E-state index is 12.1. The van der Waals surface area contributed by atoms with Crippen molar-refractivity contribution in [2.75, 3.05) is 18.5 Å². The van der Waals surface area contributed by atoms with Crippen LogP contribution in [0.15, 0.2) is 24.3 Å². The third-order valence-electron chi connectivity index (χ3n) is 4.11. The molecule has 1 aromatic carbocycles. The Hall–Kier alpha value is -1.35. The van der Waals surface area contributed by atoms with Gasteiger partial charge in [-0.15, -0.1) is 0 Å². The molecular formula is C16H24N2O. The minimum atomic E-state index is -0.125. The van der Waals surface area contributed by atoms with E-state index in [0.29, 0.717) is 6.04 Å². The van der Waals surface area contributed by atoms with E-state index in [1.165, 1.54) is 24.9 Å². The molecule has 1 aromatic rings. The average Bonchev–Trinajstić information content (AvgIpc) is 2.46. The Labute approximate surface area is 116 Å². The van der Waals surface area contributed by atoms with Gasteiger partial charge in [-0.25, -0.2) is 0 Å². The topological polar surface area (TPSA) is 32.3 Å². The molecule has 0 spiro atoms. The molecule has 1 aliphatic heterocycles. The van der Waals surface area contributed by atoms with Crippen molar-refractivity contribution in [1.29, 1.82) is 0 Å². The smallest absolute Gasteiger partial charge is 0.179 e. The standard InChI is InChI=1S/C16H24N2O/c1-12-6-4-5-11-18(12)15-9-7-14(8-10-15)16(19)13(2)17-3/h7-10,12-13,17H,4-6,11H2,1-3H3. The van der Waals surface area contributed by atoms with Crippen LogP contribution in [0.2, 0.25) is 0 Å². The van der Waals surface area contributed by atoms with E-state index in [1.54, 1.807) is 0 Å². The summed E-state index contributed by atoms with van der Waals surface area (Å²) in [5.74, 6) is 0.153. The van der Waals surface area contributed by atoms with Crippen LogP contribution in [-0.4, -0.2) is 31.5 Å². The van der Waals surface area contributed by atoms with Crippen LogP contribution < -0.4 is 10.2 Å². The second-order valence-corrected chi connectivity index (χ2v) is 5.46. The van der Waals surface area contributed by atoms with Crippen LogP contribution >= 0.6 is 0 Å². The number of carbonyl (C=O) groups is 1. The van der Waals surface area contributed by atoms with E-state index in [0.717, 1.165) is 12.1 Å². The summed E-state index contributed by atoms with van der Waals surface area (Å²) in [6, 6.07) is 8.54. The highest BCUT2D eigenvalue weighted by molar-refractivity contribution is 6.00. The van der Waals surface area contributed by atoms with Crippen molar-refractivity contribution in [3.05, 3.63) is 29.8 Å². The van der Waals surface area contributed by atoms with Crippen LogP contribution in [0.1, 0.15) is 43.5 Å². The van der Waals surface area contributed by atoms with Gasteiger partial charge in [0, 0.05) is 23.8 Å². The molecule has 1 saturated heterocycles. The lowest BCUT2D eigenvalue weighted by Crippen LogP contribution is -2.37. The highest BCUT2D eigenvalue weighted by Crippen LogP contribution is 2.24. The Morgan fingerprint density at radius 3 is 2.58 bits per heavy atom. The fourth-order valence-corrected chi connectivity index (χ4v) is 2.68. The van der Waals surface area contributed by atoms with E-state index < -0.39 is 0 Å². The molecule has 3 heteroatoms. The predicted molar refractivity (Wildman–Crippen MR) is 80.0 cm³/mol. The molecule has 1 heterocycles. The van der Waals surface area contributed by atoms with Gasteiger partial charge in [0.2, 0.25) is 0 Å². The summed E-state index contributed by atoms with van der Waals surface area (Å²) in [6.07, 6.45) is 3.85. The van der Waals surface area contributed by atoms with Crippen molar-refractivity contribution in [1.82, 2.24) is 5.32 Å². The predicted octanol–water partition coefficient (Wildman–Crippen LogP) is 2.86. The van der Waals surface area contributed by atoms with Gasteiger partial charge in [0.25, 0.3) is 0 Å². The van der Waals surface area contributed by atoms with Crippen molar-refractivity contribution < 1.29 is 4.79 Å². The van der Waals surface area contributed by atoms with Crippen LogP contribution in [0, 0.1) is 0 Å². The molecule has 2 atom stereocenters. The fraction of sp³-hybridized carbons (Fsp3) is 0.562. The first-order valence-electron chi connectivity index (χ1n) is 7.21. The molecule has 0 radical (unpaired) electrons. The van der Waals surface area contributed by atoms with Crippen LogP contribution in [0.3, 0.4) is 0 Å². The lowest BCUT2D eigenvalue weighted by atomic mass is 10.0. The van der Waals surface area contributed by atoms with Gasteiger partial charge in [0.05, 0.1) is 6.04 Å². The quantitative estimate of drug-likeness (QED) is 0.845. The fourth-order valence-electron chi connectivity index (χ4n) is 2.68. The summed E-state index contributed by atoms with van der Waals surface area (Å²) < 4.78 is 0. The molecule has 0 aromatic heterocycles. The first kappa shape index (κ1) is 14.1. The van der Waals surface area contributed by atoms with E-state index >= 15 is 0 Å². The number of hydrogen-bond acceptors (Lipinski definition) is 3. The molecule has 1 aliphatic rings. The zero-order valence-corrected chi connectivity index (χ0v) is 12.1. The number of likely N-dealkylation sites (N-methyl/N-ethyl adjacent to an activating group) is 1. The molecule has 1 N–H and O–H groups in total. The van der Waals surface area contributed by atoms with E-state index in [-0.39, 0.29) is 11.8 Å². The van der Waals surface area contributed by atoms with Crippen molar-refractivity contribution in [2.45, 2.75) is 45.2 Å². The molecule has 0 bridgehead atoms. The number of hydrogen-bond donors (Lipinski definition) is 1. The van der Waals surface area contributed by atoms with Gasteiger partial charge in [-0.3, -0.25) is 4.79 Å². The Morgan fingerprint density at radius 2 is 2.00 bits per heavy atom. The lowest BCUT2D eigenvalue weighted by Gasteiger charge is -2.35. The van der Waals surface area contributed by atoms with E-state index in [2.05, 4.69) is 29.3 Å². The largest absolute Gasteiger partial charge is 0.369 e. The molecule has 3 nitrogen and oxygen atoms in total. The van der Waals surface area contributed by atoms with Crippen molar-refractivity contribution in [2.24, 2.45) is 0 Å². The van der Waals surface area contributed by atoms with Gasteiger partial charge < -0.3 is 10.2 Å². The third kappa shape index (κ3) is 3.16. The summed E-state index contributed by atoms with van der Waals surface area (Å²) in [5, 5.41) is 2.99. The summed E-state index contributed by atoms with van der Waals surface area (Å²) in [5.41, 5.74) is 2.02. The Kier molecular flexibility index (Phi) is 4.59. The second-order valence-electron chi connectivity index (χ2n) is 5.46. The minimum absolute atomic E-state index is 0.125. The number of piperidine rings is 1. The summed E-state index contributed by atoms with van der Waals surface area (Å²) >= 11 is 0. The van der Waals surface area contributed by atoms with Gasteiger partial charge in [0.15, 0.2) is 5.78 Å². The van der Waals surface area contributed by atoms with Gasteiger partial charge >= 0.3 is 0 Å². The van der Waals surface area contributed by atoms with Crippen LogP contribution in [0.4, 0.5) is 5.69 Å². The van der Waals surface area contributed by atoms with Crippen LogP contribution in [0.25, 0.3) is 0 Å². The first-order valence-corrected chi connectivity index (χ1v) is 7.21. The number of ketones is 1. The number of nitrogens with zero attached hydrogens (tertiary/aromatic N) is 1. The van der Waals surface area contributed by atoms with Gasteiger partial charge in [-0.1, -0.05) is 0 Å². The number of rotatable bonds is 4. The third-order valence-corrected chi connectivity index (χ3v) is 4.11. The van der Waals surface area contributed by atoms with Crippen LogP contribution in [-0.2, 0) is 0 Å². The summed E-state index contributed by atoms with van der Waals surface area (Å²) in [4.78, 5) is 14.5. The Morgan fingerprint density at radius 1 is 1.32 bits per heavy atom. The SMILES string of the molecule is CNC(C)C(=O)c1ccc(N2CCCCC2C)cc1. The first-order chi connectivity index (χ1) is 9.13. The monoisotopic (exact) mass is 260 g/mol. The molecule has 0 amide bonds. The van der Waals surface area contributed by atoms with E-state index in [4.69, 9.17) is 0 Å². The molecule has 1 fully saturated rings. The van der Waals surface area contributed by atoms with Crippen molar-refractivity contribution in [3.63, 3.8) is 0 Å². The number of Topliss-reactive ketones (excluding diaryl/α,β-unsaturated/α-hetero) is 1. The molecule has 2 unspecified atom stereocenters. The minimum Gasteiger partial charge on any atom is -0.369 e. The van der Waals surface area contributed by atoms with E-state index in [1.807, 2.05) is 26.1 Å². The van der Waals surface area contributed by atoms with Crippen molar-refractivity contribution in [3.8, 4) is 0 Å². The Balaban J connectivity index is 2.11. The number of carbonyl (C=O) groups excluding carboxylic acids is 1. The average molecular weight is 260 g/mol.